The van der Waals surface area contributed by atoms with Gasteiger partial charge in [-0.05, 0) is 67.2 Å². The lowest BCUT2D eigenvalue weighted by Crippen LogP contribution is -2.49. The summed E-state index contributed by atoms with van der Waals surface area (Å²) < 4.78 is 13.3. The van der Waals surface area contributed by atoms with Crippen LogP contribution in [-0.4, -0.2) is 23.8 Å². The Morgan fingerprint density at radius 2 is 2.04 bits per heavy atom. The van der Waals surface area contributed by atoms with Crippen molar-refractivity contribution >= 4 is 6.03 Å². The normalized spacial score (nSPS) is 34.4. The fourth-order valence-corrected chi connectivity index (χ4v) is 4.99. The summed E-state index contributed by atoms with van der Waals surface area (Å²) in [6.07, 6.45) is 5.06. The van der Waals surface area contributed by atoms with E-state index in [1.165, 1.54) is 12.5 Å². The van der Waals surface area contributed by atoms with Crippen molar-refractivity contribution in [2.75, 3.05) is 6.61 Å². The highest BCUT2D eigenvalue weighted by molar-refractivity contribution is 5.75. The maximum Gasteiger partial charge on any atom is 0.315 e. The lowest BCUT2D eigenvalue weighted by atomic mass is 9.85. The summed E-state index contributed by atoms with van der Waals surface area (Å²) in [6.45, 7) is 0.150. The van der Waals surface area contributed by atoms with Crippen molar-refractivity contribution in [1.82, 2.24) is 10.6 Å². The molecule has 23 heavy (non-hydrogen) atoms. The number of urea groups is 1. The van der Waals surface area contributed by atoms with Crippen molar-refractivity contribution in [1.29, 1.82) is 0 Å². The maximum absolute atomic E-state index is 13.3. The number of benzene rings is 1. The molecule has 1 aromatic carbocycles. The number of aryl methyl sites for hydroxylation is 1. The Bertz CT molecular complexity index is 621. The van der Waals surface area contributed by atoms with E-state index in [1.54, 1.807) is 12.1 Å². The van der Waals surface area contributed by atoms with Gasteiger partial charge in [0.2, 0.25) is 0 Å². The van der Waals surface area contributed by atoms with Gasteiger partial charge in [-0.2, -0.15) is 0 Å². The van der Waals surface area contributed by atoms with E-state index < -0.39 is 0 Å². The van der Waals surface area contributed by atoms with Crippen LogP contribution in [0.4, 0.5) is 9.18 Å². The summed E-state index contributed by atoms with van der Waals surface area (Å²) in [4.78, 5) is 12.4. The Balaban J connectivity index is 1.40. The van der Waals surface area contributed by atoms with Gasteiger partial charge in [-0.3, -0.25) is 0 Å². The van der Waals surface area contributed by atoms with E-state index in [0.717, 1.165) is 36.8 Å². The van der Waals surface area contributed by atoms with Crippen LogP contribution in [0.1, 0.15) is 42.9 Å². The van der Waals surface area contributed by atoms with Crippen LogP contribution in [0.5, 0.6) is 0 Å². The highest BCUT2D eigenvalue weighted by Crippen LogP contribution is 2.48. The maximum atomic E-state index is 13.3. The van der Waals surface area contributed by atoms with E-state index in [9.17, 15) is 14.3 Å². The third kappa shape index (κ3) is 2.61. The molecular weight excluding hydrogens is 295 g/mol. The van der Waals surface area contributed by atoms with Gasteiger partial charge in [-0.15, -0.1) is 0 Å². The second kappa shape index (κ2) is 5.78. The monoisotopic (exact) mass is 318 g/mol. The van der Waals surface area contributed by atoms with E-state index in [4.69, 9.17) is 0 Å². The number of carbonyl (C=O) groups is 1. The molecule has 124 valence electrons. The molecule has 4 nitrogen and oxygen atoms in total. The Hall–Kier alpha value is -1.62. The van der Waals surface area contributed by atoms with Crippen molar-refractivity contribution in [2.45, 2.75) is 44.2 Å². The first-order valence-corrected chi connectivity index (χ1v) is 8.62. The van der Waals surface area contributed by atoms with Gasteiger partial charge in [0, 0.05) is 18.6 Å². The van der Waals surface area contributed by atoms with Gasteiger partial charge in [-0.25, -0.2) is 9.18 Å². The standard InChI is InChI=1S/C18H23FN2O2/c19-13-4-5-14-11(8-13)3-6-16(14)20-18(23)21-17-12-2-1-10(7-12)15(17)9-22/h4-5,8,10,12,15-17,22H,1-3,6-7,9H2,(H2,20,21,23). The van der Waals surface area contributed by atoms with E-state index >= 15 is 0 Å². The van der Waals surface area contributed by atoms with E-state index in [-0.39, 0.29) is 36.5 Å². The average molecular weight is 318 g/mol. The van der Waals surface area contributed by atoms with Crippen molar-refractivity contribution < 1.29 is 14.3 Å². The van der Waals surface area contributed by atoms with Gasteiger partial charge < -0.3 is 15.7 Å². The predicted molar refractivity (Wildman–Crippen MR) is 84.3 cm³/mol. The zero-order valence-electron chi connectivity index (χ0n) is 13.1. The Kier molecular flexibility index (Phi) is 3.76. The molecule has 2 amide bonds. The summed E-state index contributed by atoms with van der Waals surface area (Å²) in [5.41, 5.74) is 2.01. The summed E-state index contributed by atoms with van der Waals surface area (Å²) in [6, 6.07) is 4.67. The molecule has 3 aliphatic rings. The fraction of sp³-hybridized carbons (Fsp3) is 0.611. The molecule has 5 heteroatoms. The van der Waals surface area contributed by atoms with Gasteiger partial charge in [0.05, 0.1) is 6.04 Å². The van der Waals surface area contributed by atoms with Crippen molar-refractivity contribution in [3.63, 3.8) is 0 Å². The van der Waals surface area contributed by atoms with Gasteiger partial charge in [0.1, 0.15) is 5.82 Å². The number of rotatable bonds is 3. The first kappa shape index (κ1) is 14.9. The molecule has 0 saturated heterocycles. The molecule has 0 aliphatic heterocycles. The molecule has 0 aromatic heterocycles. The van der Waals surface area contributed by atoms with Gasteiger partial charge in [-0.1, -0.05) is 6.07 Å². The number of carbonyl (C=O) groups excluding carboxylic acids is 1. The minimum absolute atomic E-state index is 0.0447. The van der Waals surface area contributed by atoms with E-state index in [1.807, 2.05) is 0 Å². The van der Waals surface area contributed by atoms with Gasteiger partial charge >= 0.3 is 6.03 Å². The number of amides is 2. The van der Waals surface area contributed by atoms with Gasteiger partial charge in [0.15, 0.2) is 0 Å². The lowest BCUT2D eigenvalue weighted by molar-refractivity contribution is 0.144. The average Bonchev–Trinajstić information content (AvgIpc) is 3.22. The zero-order chi connectivity index (χ0) is 16.0. The SMILES string of the molecule is O=C(NC1CCc2cc(F)ccc21)NC1C2CCC(C2)C1CO. The Morgan fingerprint density at radius 1 is 1.22 bits per heavy atom. The second-order valence-electron chi connectivity index (χ2n) is 7.26. The van der Waals surface area contributed by atoms with Crippen LogP contribution in [0.3, 0.4) is 0 Å². The topological polar surface area (TPSA) is 61.4 Å². The highest BCUT2D eigenvalue weighted by Gasteiger charge is 2.47. The molecule has 3 N–H and O–H groups in total. The quantitative estimate of drug-likeness (QED) is 0.802. The van der Waals surface area contributed by atoms with Crippen LogP contribution in [0.15, 0.2) is 18.2 Å². The Morgan fingerprint density at radius 3 is 2.87 bits per heavy atom. The molecule has 2 saturated carbocycles. The minimum Gasteiger partial charge on any atom is -0.396 e. The van der Waals surface area contributed by atoms with E-state index in [2.05, 4.69) is 10.6 Å². The smallest absolute Gasteiger partial charge is 0.315 e. The zero-order valence-corrected chi connectivity index (χ0v) is 13.1. The molecule has 0 radical (unpaired) electrons. The van der Waals surface area contributed by atoms with Crippen molar-refractivity contribution in [2.24, 2.45) is 17.8 Å². The molecule has 0 heterocycles. The first-order valence-electron chi connectivity index (χ1n) is 8.62. The summed E-state index contributed by atoms with van der Waals surface area (Å²) >= 11 is 0. The van der Waals surface area contributed by atoms with Crippen molar-refractivity contribution in [3.05, 3.63) is 35.1 Å². The van der Waals surface area contributed by atoms with E-state index in [0.29, 0.717) is 11.8 Å². The predicted octanol–water partition coefficient (Wildman–Crippen LogP) is 2.52. The number of aliphatic hydroxyl groups excluding tert-OH is 1. The van der Waals surface area contributed by atoms with Gasteiger partial charge in [0.25, 0.3) is 0 Å². The number of hydrogen-bond acceptors (Lipinski definition) is 2. The molecule has 2 fully saturated rings. The van der Waals surface area contributed by atoms with Crippen LogP contribution < -0.4 is 10.6 Å². The lowest BCUT2D eigenvalue weighted by Gasteiger charge is -2.31. The molecule has 0 spiro atoms. The summed E-state index contributed by atoms with van der Waals surface area (Å²) in [5, 5.41) is 15.7. The molecular formula is C18H23FN2O2. The summed E-state index contributed by atoms with van der Waals surface area (Å²) in [7, 11) is 0. The van der Waals surface area contributed by atoms with Crippen LogP contribution in [0.2, 0.25) is 0 Å². The number of fused-ring (bicyclic) bond motifs is 3. The molecule has 1 aromatic rings. The minimum atomic E-state index is -0.221. The number of nitrogens with one attached hydrogen (secondary N) is 2. The number of aliphatic hydroxyl groups is 1. The third-order valence-corrected chi connectivity index (χ3v) is 6.09. The second-order valence-corrected chi connectivity index (χ2v) is 7.26. The molecule has 5 unspecified atom stereocenters. The largest absolute Gasteiger partial charge is 0.396 e. The molecule has 3 aliphatic carbocycles. The van der Waals surface area contributed by atoms with Crippen molar-refractivity contribution in [3.8, 4) is 0 Å². The van der Waals surface area contributed by atoms with Crippen LogP contribution in [-0.2, 0) is 6.42 Å². The highest BCUT2D eigenvalue weighted by atomic mass is 19.1. The molecule has 4 rings (SSSR count). The molecule has 5 atom stereocenters. The number of hydrogen-bond donors (Lipinski definition) is 3. The summed E-state index contributed by atoms with van der Waals surface area (Å²) in [5.74, 6) is 1.05. The van der Waals surface area contributed by atoms with Crippen LogP contribution in [0.25, 0.3) is 0 Å². The first-order chi connectivity index (χ1) is 11.2. The number of halogens is 1. The molecule has 2 bridgehead atoms. The van der Waals surface area contributed by atoms with Crippen LogP contribution in [0, 0.1) is 23.6 Å². The third-order valence-electron chi connectivity index (χ3n) is 6.09. The fourth-order valence-electron chi connectivity index (χ4n) is 4.99. The Labute approximate surface area is 135 Å². The van der Waals surface area contributed by atoms with Crippen LogP contribution >= 0.6 is 0 Å².